The maximum absolute atomic E-state index is 14.3. The summed E-state index contributed by atoms with van der Waals surface area (Å²) < 4.78 is 0.133. The predicted molar refractivity (Wildman–Crippen MR) is 163 cm³/mol. The molecule has 0 aromatic heterocycles. The van der Waals surface area contributed by atoms with Crippen LogP contribution in [0.5, 0.6) is 0 Å². The molecule has 3 aliphatic rings. The highest BCUT2D eigenvalue weighted by Gasteiger charge is 2.43. The fourth-order valence-electron chi connectivity index (χ4n) is 5.82. The monoisotopic (exact) mass is 560 g/mol. The molecule has 0 radical (unpaired) electrons. The number of nitrogens with zero attached hydrogens (tertiary/aromatic N) is 2. The third-order valence-electron chi connectivity index (χ3n) is 8.34. The first kappa shape index (κ1) is 26.5. The molecule has 0 spiro atoms. The van der Waals surface area contributed by atoms with Crippen LogP contribution in [0.3, 0.4) is 0 Å². The molecule has 2 heterocycles. The van der Waals surface area contributed by atoms with E-state index in [9.17, 15) is 9.59 Å². The number of rotatable bonds is 4. The van der Waals surface area contributed by atoms with E-state index in [2.05, 4.69) is 0 Å². The molecule has 3 aromatic carbocycles. The summed E-state index contributed by atoms with van der Waals surface area (Å²) in [6, 6.07) is 26.9. The molecule has 0 saturated heterocycles. The lowest BCUT2D eigenvalue weighted by Gasteiger charge is -2.39. The lowest BCUT2D eigenvalue weighted by Crippen LogP contribution is -2.32. The van der Waals surface area contributed by atoms with E-state index in [1.807, 2.05) is 101 Å². The van der Waals surface area contributed by atoms with Gasteiger partial charge in [-0.1, -0.05) is 60.7 Å². The van der Waals surface area contributed by atoms with Crippen molar-refractivity contribution in [3.8, 4) is 0 Å². The van der Waals surface area contributed by atoms with Gasteiger partial charge in [0.05, 0.1) is 14.1 Å². The van der Waals surface area contributed by atoms with Crippen molar-refractivity contribution in [1.82, 2.24) is 0 Å². The van der Waals surface area contributed by atoms with E-state index >= 15 is 0 Å². The maximum atomic E-state index is 14.3. The number of quaternary nitrogens is 2. The third kappa shape index (κ3) is 3.86. The van der Waals surface area contributed by atoms with Crippen molar-refractivity contribution in [2.45, 2.75) is 13.8 Å². The highest BCUT2D eigenvalue weighted by Crippen LogP contribution is 2.48. The van der Waals surface area contributed by atoms with Gasteiger partial charge in [0, 0.05) is 70.5 Å². The minimum absolute atomic E-state index is 0.0667. The quantitative estimate of drug-likeness (QED) is 0.259. The number of carbonyl (C=O) groups excluding carboxylic acids is 2. The highest BCUT2D eigenvalue weighted by atomic mass is 32.1. The Morgan fingerprint density at radius 3 is 1.20 bits per heavy atom. The van der Waals surface area contributed by atoms with Crippen molar-refractivity contribution >= 4 is 48.6 Å². The number of hydrogen-bond acceptors (Lipinski definition) is 4. The summed E-state index contributed by atoms with van der Waals surface area (Å²) in [5.41, 5.74) is 8.34. The van der Waals surface area contributed by atoms with Gasteiger partial charge in [-0.2, -0.15) is 0 Å². The van der Waals surface area contributed by atoms with Gasteiger partial charge in [-0.3, -0.25) is 9.59 Å². The third-order valence-corrected chi connectivity index (χ3v) is 9.28. The molecular weight excluding hydrogens is 533 g/mol. The van der Waals surface area contributed by atoms with Gasteiger partial charge in [-0.15, -0.1) is 0 Å². The molecule has 2 atom stereocenters. The van der Waals surface area contributed by atoms with Crippen LogP contribution >= 0.6 is 0 Å². The molecule has 6 heteroatoms. The van der Waals surface area contributed by atoms with Crippen LogP contribution in [0.1, 0.15) is 45.7 Å². The Morgan fingerprint density at radius 2 is 0.850 bits per heavy atom. The minimum Gasteiger partial charge on any atom is -0.482 e. The normalized spacial score (nSPS) is 24.6. The summed E-state index contributed by atoms with van der Waals surface area (Å²) in [5, 5.41) is 0. The summed E-state index contributed by atoms with van der Waals surface area (Å²) in [6.45, 7) is 3.90. The lowest BCUT2D eigenvalue weighted by molar-refractivity contribution is -0.644. The first-order chi connectivity index (χ1) is 19.0. The van der Waals surface area contributed by atoms with Crippen LogP contribution in [0.2, 0.25) is 0 Å². The molecule has 1 aliphatic carbocycles. The first-order valence-electron chi connectivity index (χ1n) is 13.1. The second-order valence-corrected chi connectivity index (χ2v) is 12.1. The highest BCUT2D eigenvalue weighted by molar-refractivity contribution is 7.52. The average molecular weight is 561 g/mol. The topological polar surface area (TPSA) is 34.1 Å². The SMILES string of the molecule is CC1=C(C2=C(C3=C(C)[N+](C)([S-])C(c4ccccc4)=C3)C(=O)c3ccccc3C2=O)C=C(c2ccccc2)[N+]1(C)[S-]. The molecule has 0 amide bonds. The summed E-state index contributed by atoms with van der Waals surface area (Å²) in [5.74, 6) is -0.360. The van der Waals surface area contributed by atoms with E-state index < -0.39 is 0 Å². The number of benzene rings is 3. The van der Waals surface area contributed by atoms with E-state index in [0.29, 0.717) is 33.4 Å². The van der Waals surface area contributed by atoms with Crippen LogP contribution in [-0.2, 0) is 25.6 Å². The van der Waals surface area contributed by atoms with Crippen LogP contribution in [0, 0.1) is 0 Å². The van der Waals surface area contributed by atoms with Crippen LogP contribution in [0.15, 0.2) is 131 Å². The van der Waals surface area contributed by atoms with Crippen molar-refractivity contribution in [2.75, 3.05) is 14.1 Å². The Balaban J connectivity index is 1.65. The Hall–Kier alpha value is -3.68. The number of hydrogen-bond donors (Lipinski definition) is 0. The summed E-state index contributed by atoms with van der Waals surface area (Å²) >= 11 is 12.2. The Labute approximate surface area is 246 Å². The number of fused-ring (bicyclic) bond motifs is 1. The largest absolute Gasteiger partial charge is 0.482 e. The molecule has 40 heavy (non-hydrogen) atoms. The number of allylic oxidation sites excluding steroid dienone is 8. The van der Waals surface area contributed by atoms with E-state index in [1.165, 1.54) is 0 Å². The Morgan fingerprint density at radius 1 is 0.525 bits per heavy atom. The standard InChI is InChI=1S/C34H28N2O2S2/c1-21-27(19-29(35(21,3)39)23-13-7-5-8-14-23)31-32(34(38)26-18-12-11-17-25(26)33(31)37)28-20-30(36(4,40)22(28)2)24-15-9-6-10-16-24/h5-20H,1-4H3. The summed E-state index contributed by atoms with van der Waals surface area (Å²) in [6.07, 6.45) is 3.97. The van der Waals surface area contributed by atoms with Crippen molar-refractivity contribution in [2.24, 2.45) is 0 Å². The Bertz CT molecular complexity index is 1640. The van der Waals surface area contributed by atoms with Gasteiger partial charge in [-0.05, 0) is 24.3 Å². The predicted octanol–water partition coefficient (Wildman–Crippen LogP) is 6.84. The molecular formula is C34H28N2O2S2. The van der Waals surface area contributed by atoms with Gasteiger partial charge < -0.3 is 33.4 Å². The van der Waals surface area contributed by atoms with Gasteiger partial charge in [0.15, 0.2) is 11.6 Å². The minimum atomic E-state index is -0.180. The molecule has 2 unspecified atom stereocenters. The van der Waals surface area contributed by atoms with E-state index in [4.69, 9.17) is 25.6 Å². The van der Waals surface area contributed by atoms with Crippen molar-refractivity contribution in [1.29, 1.82) is 0 Å². The van der Waals surface area contributed by atoms with Gasteiger partial charge >= 0.3 is 0 Å². The summed E-state index contributed by atoms with van der Waals surface area (Å²) in [4.78, 5) is 28.7. The fraction of sp³-hybridized carbons (Fsp3) is 0.118. The summed E-state index contributed by atoms with van der Waals surface area (Å²) in [7, 11) is 3.87. The first-order valence-corrected chi connectivity index (χ1v) is 13.8. The number of carbonyl (C=O) groups is 2. The van der Waals surface area contributed by atoms with Crippen molar-refractivity contribution < 1.29 is 17.4 Å². The van der Waals surface area contributed by atoms with Crippen LogP contribution in [-0.4, -0.2) is 33.4 Å². The van der Waals surface area contributed by atoms with Gasteiger partial charge in [0.25, 0.3) is 0 Å². The second kappa shape index (κ2) is 9.46. The molecule has 2 aliphatic heterocycles. The molecule has 6 rings (SSSR count). The van der Waals surface area contributed by atoms with E-state index in [0.717, 1.165) is 33.9 Å². The average Bonchev–Trinajstić information content (AvgIpc) is 3.34. The molecule has 0 bridgehead atoms. The van der Waals surface area contributed by atoms with Crippen molar-refractivity contribution in [3.63, 3.8) is 0 Å². The fourth-order valence-corrected chi connectivity index (χ4v) is 6.34. The maximum Gasteiger partial charge on any atom is 0.195 e. The van der Waals surface area contributed by atoms with Crippen LogP contribution in [0.4, 0.5) is 0 Å². The number of ketones is 2. The second-order valence-electron chi connectivity index (χ2n) is 10.6. The lowest BCUT2D eigenvalue weighted by atomic mass is 9.77. The molecule has 0 N–H and O–H groups in total. The van der Waals surface area contributed by atoms with E-state index in [1.54, 1.807) is 24.3 Å². The smallest absolute Gasteiger partial charge is 0.195 e. The van der Waals surface area contributed by atoms with Crippen LogP contribution in [0.25, 0.3) is 11.4 Å². The zero-order valence-electron chi connectivity index (χ0n) is 22.8. The van der Waals surface area contributed by atoms with E-state index in [-0.39, 0.29) is 19.3 Å². The Kier molecular flexibility index (Phi) is 6.28. The van der Waals surface area contributed by atoms with Gasteiger partial charge in [0.1, 0.15) is 22.8 Å². The van der Waals surface area contributed by atoms with Gasteiger partial charge in [0.2, 0.25) is 0 Å². The molecule has 3 aromatic rings. The zero-order valence-corrected chi connectivity index (χ0v) is 24.4. The van der Waals surface area contributed by atoms with Crippen molar-refractivity contribution in [3.05, 3.63) is 153 Å². The van der Waals surface area contributed by atoms with Gasteiger partial charge in [-0.25, -0.2) is 0 Å². The zero-order chi connectivity index (χ0) is 28.4. The molecule has 198 valence electrons. The van der Waals surface area contributed by atoms with Crippen LogP contribution < -0.4 is 0 Å². The molecule has 4 nitrogen and oxygen atoms in total. The number of Topliss-reactive ketones (excluding diaryl/α,β-unsaturated/α-hetero) is 2. The molecule has 0 saturated carbocycles. The molecule has 0 fully saturated rings.